The van der Waals surface area contributed by atoms with E-state index in [1.54, 1.807) is 18.1 Å². The number of benzene rings is 1. The van der Waals surface area contributed by atoms with E-state index in [0.717, 1.165) is 11.3 Å². The lowest BCUT2D eigenvalue weighted by Gasteiger charge is -2.05. The largest absolute Gasteiger partial charge is 0.494 e. The number of aliphatic imine (C=N–C) groups is 1. The Balaban J connectivity index is 1.81. The summed E-state index contributed by atoms with van der Waals surface area (Å²) in [6.45, 7) is 2.58. The monoisotopic (exact) mass is 345 g/mol. The number of likely N-dealkylation sites (N-methyl/N-ethyl adjacent to an activating group) is 1. The summed E-state index contributed by atoms with van der Waals surface area (Å²) in [7, 11) is 1.72. The summed E-state index contributed by atoms with van der Waals surface area (Å²) >= 11 is 2.80. The topological polar surface area (TPSA) is 54.8 Å². The number of aromatic nitrogens is 1. The van der Waals surface area contributed by atoms with Crippen LogP contribution in [0, 0.1) is 0 Å². The van der Waals surface area contributed by atoms with E-state index in [-0.39, 0.29) is 5.91 Å². The maximum Gasteiger partial charge on any atom is 0.266 e. The van der Waals surface area contributed by atoms with E-state index < -0.39 is 0 Å². The first-order valence-corrected chi connectivity index (χ1v) is 8.75. The highest BCUT2D eigenvalue weighted by Crippen LogP contribution is 2.33. The van der Waals surface area contributed by atoms with E-state index in [0.29, 0.717) is 21.8 Å². The third kappa shape index (κ3) is 3.62. The van der Waals surface area contributed by atoms with E-state index in [1.165, 1.54) is 23.1 Å². The molecule has 1 fully saturated rings. The first kappa shape index (κ1) is 15.8. The Morgan fingerprint density at radius 2 is 2.13 bits per heavy atom. The molecular formula is C16H15N3O2S2. The Kier molecular flexibility index (Phi) is 4.78. The average Bonchev–Trinajstić information content (AvgIpc) is 3.15. The molecule has 0 unspecified atom stereocenters. The van der Waals surface area contributed by atoms with Crippen LogP contribution in [0.4, 0.5) is 5.13 Å². The lowest BCUT2D eigenvalue weighted by molar-refractivity contribution is -0.121. The quantitative estimate of drug-likeness (QED) is 0.792. The zero-order chi connectivity index (χ0) is 16.2. The summed E-state index contributed by atoms with van der Waals surface area (Å²) in [5.41, 5.74) is 0.952. The Bertz CT molecular complexity index is 752. The Labute approximate surface area is 142 Å². The molecule has 0 spiro atoms. The van der Waals surface area contributed by atoms with Crippen LogP contribution in [0.15, 0.2) is 45.7 Å². The number of amides is 1. The molecule has 1 amide bonds. The molecule has 23 heavy (non-hydrogen) atoms. The molecule has 5 nitrogen and oxygen atoms in total. The number of rotatable bonds is 4. The number of hydrogen-bond donors (Lipinski definition) is 0. The fourth-order valence-corrected chi connectivity index (χ4v) is 3.51. The molecule has 1 saturated heterocycles. The van der Waals surface area contributed by atoms with E-state index in [2.05, 4.69) is 9.98 Å². The molecule has 3 rings (SSSR count). The molecule has 0 radical (unpaired) electrons. The van der Waals surface area contributed by atoms with Crippen LogP contribution in [-0.4, -0.2) is 34.6 Å². The molecule has 0 bridgehead atoms. The van der Waals surface area contributed by atoms with Crippen LogP contribution in [0.2, 0.25) is 0 Å². The van der Waals surface area contributed by atoms with Crippen LogP contribution in [0.3, 0.4) is 0 Å². The van der Waals surface area contributed by atoms with Gasteiger partial charge in [0, 0.05) is 18.6 Å². The summed E-state index contributed by atoms with van der Waals surface area (Å²) < 4.78 is 5.42. The standard InChI is InChI=1S/C16H15N3O2S2/c1-3-21-12-6-4-11(5-7-12)10-13-14(20)19(2)16(23-13)18-15-17-8-9-22-15/h4-10H,3H2,1-2H3/b13-10-,18-16+. The van der Waals surface area contributed by atoms with Crippen LogP contribution in [0.25, 0.3) is 6.08 Å². The van der Waals surface area contributed by atoms with Gasteiger partial charge < -0.3 is 4.74 Å². The van der Waals surface area contributed by atoms with Gasteiger partial charge in [-0.25, -0.2) is 4.98 Å². The Hall–Kier alpha value is -2.12. The number of carbonyl (C=O) groups excluding carboxylic acids is 1. The van der Waals surface area contributed by atoms with Crippen molar-refractivity contribution in [2.45, 2.75) is 6.92 Å². The van der Waals surface area contributed by atoms with E-state index in [9.17, 15) is 4.79 Å². The highest BCUT2D eigenvalue weighted by molar-refractivity contribution is 8.18. The SMILES string of the molecule is CCOc1ccc(/C=C2\S/C(=N/c3nccs3)N(C)C2=O)cc1. The molecule has 0 N–H and O–H groups in total. The number of ether oxygens (including phenoxy) is 1. The number of carbonyl (C=O) groups is 1. The van der Waals surface area contributed by atoms with Gasteiger partial charge in [-0.1, -0.05) is 12.1 Å². The van der Waals surface area contributed by atoms with Crippen molar-refractivity contribution in [2.24, 2.45) is 4.99 Å². The molecule has 7 heteroatoms. The fraction of sp³-hybridized carbons (Fsp3) is 0.188. The van der Waals surface area contributed by atoms with Crippen molar-refractivity contribution in [2.75, 3.05) is 13.7 Å². The second kappa shape index (κ2) is 6.97. The third-order valence-corrected chi connectivity index (χ3v) is 4.83. The normalized spacial score (nSPS) is 18.2. The predicted molar refractivity (Wildman–Crippen MR) is 95.2 cm³/mol. The smallest absolute Gasteiger partial charge is 0.266 e. The van der Waals surface area contributed by atoms with Gasteiger partial charge >= 0.3 is 0 Å². The minimum Gasteiger partial charge on any atom is -0.494 e. The molecule has 2 aromatic rings. The molecule has 118 valence electrons. The Morgan fingerprint density at radius 1 is 1.35 bits per heavy atom. The molecule has 0 saturated carbocycles. The van der Waals surface area contributed by atoms with Gasteiger partial charge in [-0.2, -0.15) is 4.99 Å². The van der Waals surface area contributed by atoms with Crippen molar-refractivity contribution in [1.29, 1.82) is 0 Å². The van der Waals surface area contributed by atoms with Crippen LogP contribution in [0.5, 0.6) is 5.75 Å². The van der Waals surface area contributed by atoms with Crippen LogP contribution >= 0.6 is 23.1 Å². The third-order valence-electron chi connectivity index (χ3n) is 3.10. The average molecular weight is 345 g/mol. The zero-order valence-electron chi connectivity index (χ0n) is 12.7. The van der Waals surface area contributed by atoms with Gasteiger partial charge in [0.25, 0.3) is 5.91 Å². The number of thiazole rings is 1. The van der Waals surface area contributed by atoms with Crippen LogP contribution in [0.1, 0.15) is 12.5 Å². The van der Waals surface area contributed by atoms with E-state index in [4.69, 9.17) is 4.74 Å². The van der Waals surface area contributed by atoms with Gasteiger partial charge in [0.15, 0.2) is 5.17 Å². The summed E-state index contributed by atoms with van der Waals surface area (Å²) in [6.07, 6.45) is 3.56. The number of amidine groups is 1. The molecule has 1 aromatic heterocycles. The van der Waals surface area contributed by atoms with E-state index in [1.807, 2.05) is 42.6 Å². The van der Waals surface area contributed by atoms with Gasteiger partial charge in [-0.3, -0.25) is 9.69 Å². The second-order valence-corrected chi connectivity index (χ2v) is 6.57. The van der Waals surface area contributed by atoms with E-state index >= 15 is 0 Å². The second-order valence-electron chi connectivity index (χ2n) is 4.69. The molecular weight excluding hydrogens is 330 g/mol. The van der Waals surface area contributed by atoms with Crippen molar-refractivity contribution in [3.8, 4) is 5.75 Å². The molecule has 1 aliphatic heterocycles. The maximum absolute atomic E-state index is 12.3. The highest BCUT2D eigenvalue weighted by Gasteiger charge is 2.30. The summed E-state index contributed by atoms with van der Waals surface area (Å²) in [4.78, 5) is 23.1. The molecule has 1 aromatic carbocycles. The van der Waals surface area contributed by atoms with Crippen molar-refractivity contribution >= 4 is 45.4 Å². The fourth-order valence-electron chi connectivity index (χ4n) is 1.98. The molecule has 1 aliphatic rings. The lowest BCUT2D eigenvalue weighted by atomic mass is 10.2. The first-order chi connectivity index (χ1) is 11.2. The minimum absolute atomic E-state index is 0.0563. The van der Waals surface area contributed by atoms with Gasteiger partial charge in [-0.05, 0) is 42.5 Å². The summed E-state index contributed by atoms with van der Waals surface area (Å²) in [5.74, 6) is 0.766. The lowest BCUT2D eigenvalue weighted by Crippen LogP contribution is -2.23. The van der Waals surface area contributed by atoms with Crippen molar-refractivity contribution in [3.63, 3.8) is 0 Å². The maximum atomic E-state index is 12.3. The molecule has 2 heterocycles. The van der Waals surface area contributed by atoms with Gasteiger partial charge in [-0.15, -0.1) is 11.3 Å². The number of hydrogen-bond acceptors (Lipinski definition) is 6. The van der Waals surface area contributed by atoms with Crippen LogP contribution in [-0.2, 0) is 4.79 Å². The molecule has 0 atom stereocenters. The van der Waals surface area contributed by atoms with Crippen molar-refractivity contribution < 1.29 is 9.53 Å². The summed E-state index contributed by atoms with van der Waals surface area (Å²) in [5, 5.41) is 3.15. The zero-order valence-corrected chi connectivity index (χ0v) is 14.4. The predicted octanol–water partition coefficient (Wildman–Crippen LogP) is 3.78. The van der Waals surface area contributed by atoms with Crippen molar-refractivity contribution in [3.05, 3.63) is 46.3 Å². The Morgan fingerprint density at radius 3 is 2.78 bits per heavy atom. The van der Waals surface area contributed by atoms with Crippen molar-refractivity contribution in [1.82, 2.24) is 9.88 Å². The first-order valence-electron chi connectivity index (χ1n) is 7.06. The van der Waals surface area contributed by atoms with Gasteiger partial charge in [0.05, 0.1) is 11.5 Å². The van der Waals surface area contributed by atoms with Gasteiger partial charge in [0.1, 0.15) is 5.75 Å². The van der Waals surface area contributed by atoms with Crippen LogP contribution < -0.4 is 4.74 Å². The summed E-state index contributed by atoms with van der Waals surface area (Å²) in [6, 6.07) is 7.66. The molecule has 0 aliphatic carbocycles. The number of nitrogens with zero attached hydrogens (tertiary/aromatic N) is 3. The van der Waals surface area contributed by atoms with Gasteiger partial charge in [0.2, 0.25) is 5.13 Å². The minimum atomic E-state index is -0.0563. The number of thioether (sulfide) groups is 1. The highest BCUT2D eigenvalue weighted by atomic mass is 32.2.